The molecule has 1 aromatic heterocycles. The van der Waals surface area contributed by atoms with Crippen molar-refractivity contribution < 1.29 is 4.39 Å². The highest BCUT2D eigenvalue weighted by atomic mass is 35.5. The van der Waals surface area contributed by atoms with Crippen molar-refractivity contribution in [3.63, 3.8) is 0 Å². The van der Waals surface area contributed by atoms with Crippen LogP contribution >= 0.6 is 11.6 Å². The van der Waals surface area contributed by atoms with Gasteiger partial charge in [0.1, 0.15) is 5.82 Å². The molecule has 2 atom stereocenters. The van der Waals surface area contributed by atoms with Gasteiger partial charge in [0.05, 0.1) is 5.02 Å². The Morgan fingerprint density at radius 2 is 2.22 bits per heavy atom. The summed E-state index contributed by atoms with van der Waals surface area (Å²) in [5.41, 5.74) is 1.89. The molecule has 2 aromatic rings. The fourth-order valence-corrected chi connectivity index (χ4v) is 3.34. The first kappa shape index (κ1) is 16.1. The van der Waals surface area contributed by atoms with Crippen molar-refractivity contribution in [1.29, 1.82) is 0 Å². The maximum Gasteiger partial charge on any atom is 0.222 e. The van der Waals surface area contributed by atoms with Gasteiger partial charge in [-0.3, -0.25) is 4.90 Å². The predicted molar refractivity (Wildman–Crippen MR) is 90.1 cm³/mol. The highest BCUT2D eigenvalue weighted by Crippen LogP contribution is 2.37. The van der Waals surface area contributed by atoms with Crippen LogP contribution in [0.4, 0.5) is 10.3 Å². The number of aryl methyl sites for hydroxylation is 1. The molecule has 0 saturated carbocycles. The monoisotopic (exact) mass is 334 g/mol. The molecule has 1 N–H and O–H groups in total. The molecule has 0 bridgehead atoms. The molecule has 4 nitrogen and oxygen atoms in total. The van der Waals surface area contributed by atoms with E-state index in [4.69, 9.17) is 11.6 Å². The van der Waals surface area contributed by atoms with Crippen molar-refractivity contribution in [2.45, 2.75) is 19.4 Å². The summed E-state index contributed by atoms with van der Waals surface area (Å²) in [6.07, 6.45) is 2.79. The van der Waals surface area contributed by atoms with Crippen LogP contribution < -0.4 is 5.32 Å². The third-order valence-electron chi connectivity index (χ3n) is 4.38. The Kier molecular flexibility index (Phi) is 4.78. The summed E-state index contributed by atoms with van der Waals surface area (Å²) >= 11 is 5.80. The van der Waals surface area contributed by atoms with E-state index < -0.39 is 0 Å². The number of likely N-dealkylation sites (tertiary alicyclic amines) is 1. The third-order valence-corrected chi connectivity index (χ3v) is 4.68. The van der Waals surface area contributed by atoms with Crippen LogP contribution in [0, 0.1) is 18.7 Å². The smallest absolute Gasteiger partial charge is 0.222 e. The summed E-state index contributed by atoms with van der Waals surface area (Å²) in [5.74, 6) is 0.642. The average molecular weight is 335 g/mol. The molecule has 2 unspecified atom stereocenters. The average Bonchev–Trinajstić information content (AvgIpc) is 2.89. The van der Waals surface area contributed by atoms with Crippen LogP contribution in [-0.2, 0) is 0 Å². The van der Waals surface area contributed by atoms with E-state index in [1.54, 1.807) is 18.3 Å². The maximum atomic E-state index is 13.8. The van der Waals surface area contributed by atoms with Crippen LogP contribution in [0.1, 0.15) is 23.7 Å². The standard InChI is InChI=1S/C17H20ClFN4/c1-11-5-7-20-17(22-11)21-10-13-6-8-23(2)16(13)12-3-4-14(18)15(19)9-12/h3-5,7,9,13,16H,6,8,10H2,1-2H3,(H,20,21,22). The van der Waals surface area contributed by atoms with Gasteiger partial charge in [0, 0.05) is 24.5 Å². The Balaban J connectivity index is 1.74. The normalized spacial score (nSPS) is 21.6. The van der Waals surface area contributed by atoms with Gasteiger partial charge in [0.25, 0.3) is 0 Å². The van der Waals surface area contributed by atoms with E-state index in [1.807, 2.05) is 19.1 Å². The molecule has 1 fully saturated rings. The van der Waals surface area contributed by atoms with Crippen molar-refractivity contribution in [2.24, 2.45) is 5.92 Å². The third kappa shape index (κ3) is 3.62. The van der Waals surface area contributed by atoms with Gasteiger partial charge in [-0.05, 0) is 56.6 Å². The first-order valence-corrected chi connectivity index (χ1v) is 8.11. The highest BCUT2D eigenvalue weighted by Gasteiger charge is 2.33. The van der Waals surface area contributed by atoms with E-state index in [0.29, 0.717) is 11.9 Å². The van der Waals surface area contributed by atoms with Gasteiger partial charge in [-0.1, -0.05) is 17.7 Å². The number of hydrogen-bond donors (Lipinski definition) is 1. The zero-order valence-electron chi connectivity index (χ0n) is 13.3. The minimum atomic E-state index is -0.363. The molecule has 6 heteroatoms. The number of anilines is 1. The molecule has 2 heterocycles. The van der Waals surface area contributed by atoms with Crippen molar-refractivity contribution in [3.8, 4) is 0 Å². The van der Waals surface area contributed by atoms with E-state index in [-0.39, 0.29) is 16.9 Å². The zero-order valence-corrected chi connectivity index (χ0v) is 14.0. The molecule has 1 saturated heterocycles. The lowest BCUT2D eigenvalue weighted by Gasteiger charge is -2.26. The van der Waals surface area contributed by atoms with E-state index in [0.717, 1.165) is 30.8 Å². The van der Waals surface area contributed by atoms with Crippen LogP contribution in [0.15, 0.2) is 30.5 Å². The van der Waals surface area contributed by atoms with Gasteiger partial charge in [-0.2, -0.15) is 0 Å². The van der Waals surface area contributed by atoms with Gasteiger partial charge >= 0.3 is 0 Å². The van der Waals surface area contributed by atoms with E-state index in [2.05, 4.69) is 27.2 Å². The summed E-state index contributed by atoms with van der Waals surface area (Å²) < 4.78 is 13.8. The summed E-state index contributed by atoms with van der Waals surface area (Å²) in [6, 6.07) is 7.12. The van der Waals surface area contributed by atoms with Crippen molar-refractivity contribution in [2.75, 3.05) is 25.5 Å². The number of benzene rings is 1. The summed E-state index contributed by atoms with van der Waals surface area (Å²) in [4.78, 5) is 10.8. The highest BCUT2D eigenvalue weighted by molar-refractivity contribution is 6.30. The second-order valence-corrected chi connectivity index (χ2v) is 6.46. The molecule has 3 rings (SSSR count). The predicted octanol–water partition coefficient (Wildman–Crippen LogP) is 3.68. The molecule has 0 spiro atoms. The van der Waals surface area contributed by atoms with E-state index in [9.17, 15) is 4.39 Å². The fraction of sp³-hybridized carbons (Fsp3) is 0.412. The topological polar surface area (TPSA) is 41.1 Å². The van der Waals surface area contributed by atoms with Gasteiger partial charge in [0.2, 0.25) is 5.95 Å². The Bertz CT molecular complexity index is 694. The maximum absolute atomic E-state index is 13.8. The number of nitrogens with zero attached hydrogens (tertiary/aromatic N) is 3. The molecule has 1 aliphatic rings. The van der Waals surface area contributed by atoms with Crippen LogP contribution in [0.25, 0.3) is 0 Å². The minimum absolute atomic E-state index is 0.164. The van der Waals surface area contributed by atoms with Gasteiger partial charge in [-0.25, -0.2) is 14.4 Å². The number of aromatic nitrogens is 2. The Morgan fingerprint density at radius 1 is 1.39 bits per heavy atom. The van der Waals surface area contributed by atoms with Gasteiger partial charge in [-0.15, -0.1) is 0 Å². The Labute approximate surface area is 140 Å². The molecular formula is C17H20ClFN4. The van der Waals surface area contributed by atoms with Crippen molar-refractivity contribution in [1.82, 2.24) is 14.9 Å². The lowest BCUT2D eigenvalue weighted by molar-refractivity contribution is 0.281. The minimum Gasteiger partial charge on any atom is -0.354 e. The second-order valence-electron chi connectivity index (χ2n) is 6.05. The molecule has 1 aliphatic heterocycles. The van der Waals surface area contributed by atoms with Crippen LogP contribution in [0.5, 0.6) is 0 Å². The zero-order chi connectivity index (χ0) is 16.4. The first-order valence-electron chi connectivity index (χ1n) is 7.73. The molecular weight excluding hydrogens is 315 g/mol. The van der Waals surface area contributed by atoms with E-state index >= 15 is 0 Å². The molecule has 23 heavy (non-hydrogen) atoms. The van der Waals surface area contributed by atoms with Crippen LogP contribution in [-0.4, -0.2) is 35.0 Å². The molecule has 0 radical (unpaired) electrons. The van der Waals surface area contributed by atoms with E-state index in [1.165, 1.54) is 0 Å². The lowest BCUT2D eigenvalue weighted by atomic mass is 9.93. The number of halogens is 2. The first-order chi connectivity index (χ1) is 11.0. The van der Waals surface area contributed by atoms with Crippen molar-refractivity contribution >= 4 is 17.5 Å². The summed E-state index contributed by atoms with van der Waals surface area (Å²) in [7, 11) is 2.07. The molecule has 1 aromatic carbocycles. The second kappa shape index (κ2) is 6.81. The summed E-state index contributed by atoms with van der Waals surface area (Å²) in [6.45, 7) is 3.67. The Hall–Kier alpha value is -1.72. The largest absolute Gasteiger partial charge is 0.354 e. The molecule has 0 aliphatic carbocycles. The molecule has 0 amide bonds. The number of rotatable bonds is 4. The lowest BCUT2D eigenvalue weighted by Crippen LogP contribution is -2.25. The Morgan fingerprint density at radius 3 is 2.96 bits per heavy atom. The quantitative estimate of drug-likeness (QED) is 0.926. The SMILES string of the molecule is Cc1ccnc(NCC2CCN(C)C2c2ccc(Cl)c(F)c2)n1. The molecule has 122 valence electrons. The van der Waals surface area contributed by atoms with Crippen LogP contribution in [0.3, 0.4) is 0 Å². The number of nitrogens with one attached hydrogen (secondary N) is 1. The fourth-order valence-electron chi connectivity index (χ4n) is 3.22. The number of hydrogen-bond acceptors (Lipinski definition) is 4. The van der Waals surface area contributed by atoms with Crippen molar-refractivity contribution in [3.05, 3.63) is 52.6 Å². The van der Waals surface area contributed by atoms with Crippen LogP contribution in [0.2, 0.25) is 5.02 Å². The van der Waals surface area contributed by atoms with Gasteiger partial charge < -0.3 is 5.32 Å². The van der Waals surface area contributed by atoms with Gasteiger partial charge in [0.15, 0.2) is 0 Å². The summed E-state index contributed by atoms with van der Waals surface area (Å²) in [5, 5.41) is 3.47.